The lowest BCUT2D eigenvalue weighted by atomic mass is 9.46. The molecule has 1 saturated heterocycles. The van der Waals surface area contributed by atoms with Gasteiger partial charge >= 0.3 is 0 Å². The molecule has 2 atom stereocenters. The van der Waals surface area contributed by atoms with E-state index in [1.807, 2.05) is 7.11 Å². The van der Waals surface area contributed by atoms with E-state index in [-0.39, 0.29) is 0 Å². The topological polar surface area (TPSA) is 9.23 Å². The molecule has 2 rings (SSSR count). The first-order valence-corrected chi connectivity index (χ1v) is 5.30. The van der Waals surface area contributed by atoms with Crippen LogP contribution in [-0.2, 0) is 4.65 Å². The monoisotopic (exact) mass is 166 g/mol. The number of hydrogen-bond donors (Lipinski definition) is 0. The van der Waals surface area contributed by atoms with E-state index in [4.69, 9.17) is 4.65 Å². The summed E-state index contributed by atoms with van der Waals surface area (Å²) in [4.78, 5) is 0. The SMILES string of the molecule is COB1CC2CC(C)CC(C1)C2. The van der Waals surface area contributed by atoms with E-state index < -0.39 is 0 Å². The van der Waals surface area contributed by atoms with Gasteiger partial charge in [0.15, 0.2) is 0 Å². The Kier molecular flexibility index (Phi) is 2.45. The van der Waals surface area contributed by atoms with Crippen LogP contribution in [0.2, 0.25) is 12.6 Å². The molecule has 2 bridgehead atoms. The van der Waals surface area contributed by atoms with Crippen LogP contribution in [0.4, 0.5) is 0 Å². The van der Waals surface area contributed by atoms with E-state index in [2.05, 4.69) is 6.92 Å². The van der Waals surface area contributed by atoms with Crippen LogP contribution in [-0.4, -0.2) is 14.0 Å². The highest BCUT2D eigenvalue weighted by Crippen LogP contribution is 2.42. The lowest BCUT2D eigenvalue weighted by molar-refractivity contribution is 0.203. The predicted octanol–water partition coefficient (Wildman–Crippen LogP) is 2.69. The zero-order chi connectivity index (χ0) is 8.55. The third-order valence-corrected chi connectivity index (χ3v) is 3.66. The van der Waals surface area contributed by atoms with Crippen LogP contribution in [0.5, 0.6) is 0 Å². The Balaban J connectivity index is 1.96. The maximum Gasteiger partial charge on any atom is 0.293 e. The lowest BCUT2D eigenvalue weighted by Crippen LogP contribution is -2.35. The predicted molar refractivity (Wildman–Crippen MR) is 52.4 cm³/mol. The van der Waals surface area contributed by atoms with Crippen molar-refractivity contribution in [3.8, 4) is 0 Å². The standard InChI is InChI=1S/C10H19BO/c1-8-3-9-5-10(4-8)7-11(6-9)12-2/h8-10H,3-7H2,1-2H3. The van der Waals surface area contributed by atoms with Crippen molar-refractivity contribution in [1.29, 1.82) is 0 Å². The fourth-order valence-electron chi connectivity index (χ4n) is 3.32. The van der Waals surface area contributed by atoms with Crippen molar-refractivity contribution in [2.24, 2.45) is 17.8 Å². The number of fused-ring (bicyclic) bond motifs is 2. The summed E-state index contributed by atoms with van der Waals surface area (Å²) in [7, 11) is 1.87. The van der Waals surface area contributed by atoms with Crippen molar-refractivity contribution in [2.45, 2.75) is 38.8 Å². The van der Waals surface area contributed by atoms with Gasteiger partial charge in [-0.15, -0.1) is 0 Å². The summed E-state index contributed by atoms with van der Waals surface area (Å²) in [6.07, 6.45) is 7.06. The van der Waals surface area contributed by atoms with Crippen LogP contribution in [0, 0.1) is 17.8 Å². The summed E-state index contributed by atoms with van der Waals surface area (Å²) in [5.74, 6) is 2.95. The van der Waals surface area contributed by atoms with Gasteiger partial charge in [-0.05, 0) is 49.7 Å². The highest BCUT2D eigenvalue weighted by molar-refractivity contribution is 6.52. The molecule has 1 aliphatic carbocycles. The van der Waals surface area contributed by atoms with Crippen LogP contribution in [0.25, 0.3) is 0 Å². The summed E-state index contributed by atoms with van der Waals surface area (Å²) in [6, 6.07) is 0. The van der Waals surface area contributed by atoms with Crippen LogP contribution in [0.3, 0.4) is 0 Å². The second kappa shape index (κ2) is 3.41. The van der Waals surface area contributed by atoms with Gasteiger partial charge in [-0.1, -0.05) is 6.92 Å². The smallest absolute Gasteiger partial charge is 0.293 e. The molecule has 0 amide bonds. The molecule has 1 aliphatic heterocycles. The van der Waals surface area contributed by atoms with Crippen LogP contribution >= 0.6 is 0 Å². The van der Waals surface area contributed by atoms with E-state index in [1.54, 1.807) is 0 Å². The molecular formula is C10H19BO. The maximum atomic E-state index is 5.46. The molecule has 1 heterocycles. The van der Waals surface area contributed by atoms with Gasteiger partial charge in [0.1, 0.15) is 0 Å². The summed E-state index contributed by atoms with van der Waals surface area (Å²) < 4.78 is 5.46. The molecule has 2 heteroatoms. The molecular weight excluding hydrogens is 147 g/mol. The molecule has 0 radical (unpaired) electrons. The number of hydrogen-bond acceptors (Lipinski definition) is 1. The molecule has 1 nitrogen and oxygen atoms in total. The van der Waals surface area contributed by atoms with Crippen LogP contribution in [0.1, 0.15) is 26.2 Å². The maximum absolute atomic E-state index is 5.46. The molecule has 0 spiro atoms. The van der Waals surface area contributed by atoms with Crippen molar-refractivity contribution in [3.05, 3.63) is 0 Å². The quantitative estimate of drug-likeness (QED) is 0.544. The molecule has 68 valence electrons. The molecule has 2 fully saturated rings. The second-order valence-corrected chi connectivity index (χ2v) is 4.87. The third-order valence-electron chi connectivity index (χ3n) is 3.66. The van der Waals surface area contributed by atoms with E-state index >= 15 is 0 Å². The van der Waals surface area contributed by atoms with E-state index in [0.29, 0.717) is 6.92 Å². The van der Waals surface area contributed by atoms with Gasteiger partial charge in [0.25, 0.3) is 6.92 Å². The van der Waals surface area contributed by atoms with Gasteiger partial charge in [0.05, 0.1) is 0 Å². The summed E-state index contributed by atoms with van der Waals surface area (Å²) in [5, 5.41) is 0. The minimum atomic E-state index is 0.584. The largest absolute Gasteiger partial charge is 0.438 e. The number of rotatable bonds is 1. The molecule has 0 aromatic heterocycles. The normalized spacial score (nSPS) is 41.5. The highest BCUT2D eigenvalue weighted by atomic mass is 16.4. The third kappa shape index (κ3) is 1.68. The first-order valence-electron chi connectivity index (χ1n) is 5.30. The van der Waals surface area contributed by atoms with Gasteiger partial charge in [0, 0.05) is 7.11 Å². The van der Waals surface area contributed by atoms with Crippen molar-refractivity contribution < 1.29 is 4.65 Å². The van der Waals surface area contributed by atoms with Crippen LogP contribution in [0.15, 0.2) is 0 Å². The molecule has 0 N–H and O–H groups in total. The van der Waals surface area contributed by atoms with Gasteiger partial charge in [-0.2, -0.15) is 0 Å². The molecule has 2 unspecified atom stereocenters. The Hall–Kier alpha value is 0.0249. The van der Waals surface area contributed by atoms with Crippen molar-refractivity contribution in [1.82, 2.24) is 0 Å². The average Bonchev–Trinajstić information content (AvgIpc) is 2.02. The van der Waals surface area contributed by atoms with Crippen LogP contribution < -0.4 is 0 Å². The van der Waals surface area contributed by atoms with Crippen molar-refractivity contribution in [2.75, 3.05) is 7.11 Å². The summed E-state index contributed by atoms with van der Waals surface area (Å²) in [6.45, 7) is 2.99. The first-order chi connectivity index (χ1) is 5.78. The fourth-order valence-corrected chi connectivity index (χ4v) is 3.32. The minimum absolute atomic E-state index is 0.584. The highest BCUT2D eigenvalue weighted by Gasteiger charge is 2.36. The van der Waals surface area contributed by atoms with E-state index in [9.17, 15) is 0 Å². The Morgan fingerprint density at radius 2 is 1.67 bits per heavy atom. The van der Waals surface area contributed by atoms with Gasteiger partial charge in [-0.3, -0.25) is 0 Å². The van der Waals surface area contributed by atoms with Gasteiger partial charge in [-0.25, -0.2) is 0 Å². The van der Waals surface area contributed by atoms with E-state index in [0.717, 1.165) is 17.8 Å². The Labute approximate surface area is 76.0 Å². The summed E-state index contributed by atoms with van der Waals surface area (Å²) in [5.41, 5.74) is 0. The summed E-state index contributed by atoms with van der Waals surface area (Å²) >= 11 is 0. The second-order valence-electron chi connectivity index (χ2n) is 4.87. The fraction of sp³-hybridized carbons (Fsp3) is 1.00. The van der Waals surface area contributed by atoms with Gasteiger partial charge in [0.2, 0.25) is 0 Å². The Morgan fingerprint density at radius 1 is 1.08 bits per heavy atom. The minimum Gasteiger partial charge on any atom is -0.438 e. The van der Waals surface area contributed by atoms with E-state index in [1.165, 1.54) is 31.9 Å². The first kappa shape index (κ1) is 8.62. The lowest BCUT2D eigenvalue weighted by Gasteiger charge is -2.39. The Morgan fingerprint density at radius 3 is 2.17 bits per heavy atom. The molecule has 0 aromatic carbocycles. The molecule has 1 saturated carbocycles. The zero-order valence-corrected chi connectivity index (χ0v) is 8.25. The van der Waals surface area contributed by atoms with Gasteiger partial charge < -0.3 is 4.65 Å². The molecule has 2 aliphatic rings. The van der Waals surface area contributed by atoms with Crippen molar-refractivity contribution in [3.63, 3.8) is 0 Å². The molecule has 0 aromatic rings. The zero-order valence-electron chi connectivity index (χ0n) is 8.25. The Bertz CT molecular complexity index is 142. The average molecular weight is 166 g/mol. The molecule has 12 heavy (non-hydrogen) atoms. The van der Waals surface area contributed by atoms with Crippen molar-refractivity contribution >= 4 is 6.92 Å².